The Hall–Kier alpha value is -2.99. The average molecular weight is 592 g/mol. The summed E-state index contributed by atoms with van der Waals surface area (Å²) in [4.78, 5) is 38.8. The third-order valence-corrected chi connectivity index (χ3v) is 8.67. The quantitative estimate of drug-likeness (QED) is 0.301. The van der Waals surface area contributed by atoms with E-state index in [-0.39, 0.29) is 22.0 Å². The summed E-state index contributed by atoms with van der Waals surface area (Å²) >= 11 is 7.51. The van der Waals surface area contributed by atoms with Crippen molar-refractivity contribution in [3.63, 3.8) is 0 Å². The summed E-state index contributed by atoms with van der Waals surface area (Å²) in [6, 6.07) is 9.41. The minimum absolute atomic E-state index is 0.00468. The summed E-state index contributed by atoms with van der Waals surface area (Å²) < 4.78 is 42.3. The number of rotatable bonds is 9. The molecule has 2 heterocycles. The largest absolute Gasteiger partial charge is 0.481 e. The monoisotopic (exact) mass is 591 g/mol. The van der Waals surface area contributed by atoms with E-state index in [1.54, 1.807) is 12.1 Å². The van der Waals surface area contributed by atoms with Gasteiger partial charge >= 0.3 is 11.9 Å². The second-order valence-corrected chi connectivity index (χ2v) is 11.4. The number of nitrogens with one attached hydrogen (secondary N) is 1. The minimum atomic E-state index is -2.77. The third-order valence-electron chi connectivity index (χ3n) is 7.53. The van der Waals surface area contributed by atoms with E-state index in [0.29, 0.717) is 57.0 Å². The van der Waals surface area contributed by atoms with Gasteiger partial charge < -0.3 is 15.2 Å². The first kappa shape index (κ1) is 28.5. The molecule has 2 aromatic carbocycles. The van der Waals surface area contributed by atoms with E-state index in [2.05, 4.69) is 9.69 Å². The van der Waals surface area contributed by atoms with Crippen LogP contribution < -0.4 is 5.32 Å². The van der Waals surface area contributed by atoms with Crippen LogP contribution in [0, 0.1) is 11.7 Å². The molecule has 1 aromatic heterocycles. The normalized spacial score (nSPS) is 21.3. The van der Waals surface area contributed by atoms with Gasteiger partial charge in [-0.15, -0.1) is 0 Å². The molecule has 0 bridgehead atoms. The number of alkyl halides is 1. The van der Waals surface area contributed by atoms with Crippen molar-refractivity contribution in [2.45, 2.75) is 57.0 Å². The summed E-state index contributed by atoms with van der Waals surface area (Å²) in [6.45, 7) is 0.623. The van der Waals surface area contributed by atoms with Gasteiger partial charge in [0.25, 0.3) is 5.91 Å². The number of aliphatic carboxylic acids is 1. The summed E-state index contributed by atoms with van der Waals surface area (Å²) in [7, 11) is 0. The Labute approximate surface area is 238 Å². The maximum atomic E-state index is 16.4. The molecular formula is C28H28ClF2N3O5S. The molecule has 0 spiro atoms. The fourth-order valence-electron chi connectivity index (χ4n) is 5.30. The Morgan fingerprint density at radius 2 is 1.85 bits per heavy atom. The molecule has 1 saturated carbocycles. The van der Waals surface area contributed by atoms with Gasteiger partial charge in [-0.25, -0.2) is 9.29 Å². The number of fused-ring (bicyclic) bond motifs is 1. The fraction of sp³-hybridized carbons (Fsp3) is 0.429. The van der Waals surface area contributed by atoms with Gasteiger partial charge in [0, 0.05) is 24.9 Å². The topological polar surface area (TPSA) is 109 Å². The Morgan fingerprint density at radius 3 is 2.55 bits per heavy atom. The molecule has 2 fully saturated rings. The molecule has 0 radical (unpaired) electrons. The first-order valence-electron chi connectivity index (χ1n) is 13.2. The van der Waals surface area contributed by atoms with Crippen molar-refractivity contribution in [1.82, 2.24) is 9.27 Å². The van der Waals surface area contributed by atoms with Crippen molar-refractivity contribution in [2.75, 3.05) is 18.4 Å². The number of benzene rings is 2. The Kier molecular flexibility index (Phi) is 8.46. The predicted octanol–water partition coefficient (Wildman–Crippen LogP) is 5.83. The van der Waals surface area contributed by atoms with Gasteiger partial charge in [-0.05, 0) is 73.8 Å². The molecule has 1 atom stereocenters. The maximum absolute atomic E-state index is 16.4. The molecule has 2 N–H and O–H groups in total. The van der Waals surface area contributed by atoms with Crippen molar-refractivity contribution in [3.8, 4) is 0 Å². The SMILES string of the molecule is O=C(Nc1cc(F)c(CC(=O)C(F)(OC2CCC(C(=O)O)CC2)N2CCCC2)cc1Cl)c1nsc2ccccc12. The zero-order valence-electron chi connectivity index (χ0n) is 21.5. The van der Waals surface area contributed by atoms with Crippen molar-refractivity contribution < 1.29 is 33.0 Å². The molecule has 1 amide bonds. The van der Waals surface area contributed by atoms with E-state index in [1.165, 1.54) is 11.0 Å². The van der Waals surface area contributed by atoms with Crippen LogP contribution in [0.2, 0.25) is 5.02 Å². The van der Waals surface area contributed by atoms with Crippen molar-refractivity contribution in [3.05, 3.63) is 58.5 Å². The predicted molar refractivity (Wildman–Crippen MR) is 147 cm³/mol. The third kappa shape index (κ3) is 5.88. The molecule has 40 heavy (non-hydrogen) atoms. The lowest BCUT2D eigenvalue weighted by Crippen LogP contribution is -2.54. The number of ether oxygens (including phenoxy) is 1. The lowest BCUT2D eigenvalue weighted by molar-refractivity contribution is -0.252. The van der Waals surface area contributed by atoms with Gasteiger partial charge in [0.15, 0.2) is 0 Å². The molecule has 1 saturated heterocycles. The van der Waals surface area contributed by atoms with Gasteiger partial charge in [0.05, 0.1) is 27.4 Å². The molecule has 3 aromatic rings. The lowest BCUT2D eigenvalue weighted by Gasteiger charge is -2.37. The van der Waals surface area contributed by atoms with Crippen molar-refractivity contribution >= 4 is 56.6 Å². The van der Waals surface area contributed by atoms with Crippen LogP contribution in [0.25, 0.3) is 10.1 Å². The van der Waals surface area contributed by atoms with E-state index in [9.17, 15) is 19.5 Å². The van der Waals surface area contributed by atoms with Crippen LogP contribution in [-0.2, 0) is 20.7 Å². The van der Waals surface area contributed by atoms with E-state index >= 15 is 8.78 Å². The first-order chi connectivity index (χ1) is 19.2. The maximum Gasteiger partial charge on any atom is 0.330 e. The van der Waals surface area contributed by atoms with Crippen LogP contribution in [0.1, 0.15) is 54.6 Å². The number of aromatic nitrogens is 1. The molecule has 5 rings (SSSR count). The highest BCUT2D eigenvalue weighted by atomic mass is 35.5. The van der Waals surface area contributed by atoms with E-state index in [4.69, 9.17) is 16.3 Å². The molecule has 8 nitrogen and oxygen atoms in total. The van der Waals surface area contributed by atoms with Crippen molar-refractivity contribution in [2.24, 2.45) is 5.92 Å². The Balaban J connectivity index is 1.31. The fourth-order valence-corrected chi connectivity index (χ4v) is 6.31. The van der Waals surface area contributed by atoms with Crippen molar-refractivity contribution in [1.29, 1.82) is 0 Å². The standard InChI is InChI=1S/C28H28ClF2N3O5S/c29-20-13-17(21(30)15-22(20)32-26(36)25-19-5-1-2-6-23(19)40-33-25)14-24(35)28(31,34-11-3-4-12-34)39-18-9-7-16(8-10-18)27(37)38/h1-2,5-6,13,15-16,18H,3-4,7-12,14H2,(H,32,36)(H,37,38). The number of likely N-dealkylation sites (tertiary alicyclic amines) is 1. The number of halogens is 3. The number of carboxylic acids is 1. The number of hydrogen-bond donors (Lipinski definition) is 2. The highest BCUT2D eigenvalue weighted by molar-refractivity contribution is 7.13. The van der Waals surface area contributed by atoms with Crippen LogP contribution in [0.4, 0.5) is 14.5 Å². The highest BCUT2D eigenvalue weighted by Gasteiger charge is 2.49. The number of amides is 1. The number of carbonyl (C=O) groups excluding carboxylic acids is 2. The molecular weight excluding hydrogens is 564 g/mol. The number of nitrogens with zero attached hydrogens (tertiary/aromatic N) is 2. The summed E-state index contributed by atoms with van der Waals surface area (Å²) in [5.41, 5.74) is 0.0418. The first-order valence-corrected chi connectivity index (χ1v) is 14.3. The molecule has 1 aliphatic carbocycles. The summed E-state index contributed by atoms with van der Waals surface area (Å²) in [6.07, 6.45) is 1.43. The zero-order chi connectivity index (χ0) is 28.4. The average Bonchev–Trinajstić information content (AvgIpc) is 3.63. The van der Waals surface area contributed by atoms with Crippen LogP contribution in [0.15, 0.2) is 36.4 Å². The van der Waals surface area contributed by atoms with Gasteiger partial charge in [0.1, 0.15) is 11.5 Å². The number of carbonyl (C=O) groups is 3. The van der Waals surface area contributed by atoms with Gasteiger partial charge in [-0.2, -0.15) is 8.76 Å². The lowest BCUT2D eigenvalue weighted by atomic mass is 9.87. The number of ketones is 1. The van der Waals surface area contributed by atoms with Gasteiger partial charge in [0.2, 0.25) is 5.78 Å². The highest BCUT2D eigenvalue weighted by Crippen LogP contribution is 2.35. The number of hydrogen-bond acceptors (Lipinski definition) is 7. The number of carboxylic acid groups (broad SMARTS) is 1. The number of anilines is 1. The van der Waals surface area contributed by atoms with Crippen LogP contribution >= 0.6 is 23.1 Å². The van der Waals surface area contributed by atoms with Crippen LogP contribution in [0.3, 0.4) is 0 Å². The number of Topliss-reactive ketones (excluding diaryl/α,β-unsaturated/α-hetero) is 1. The molecule has 12 heteroatoms. The van der Waals surface area contributed by atoms with Crippen LogP contribution in [-0.4, -0.2) is 57.2 Å². The molecule has 212 valence electrons. The van der Waals surface area contributed by atoms with E-state index < -0.39 is 47.9 Å². The van der Waals surface area contributed by atoms with Crippen LogP contribution in [0.5, 0.6) is 0 Å². The summed E-state index contributed by atoms with van der Waals surface area (Å²) in [5, 5.41) is 12.4. The summed E-state index contributed by atoms with van der Waals surface area (Å²) in [5.74, 6) is -6.54. The minimum Gasteiger partial charge on any atom is -0.481 e. The van der Waals surface area contributed by atoms with E-state index in [0.717, 1.165) is 22.3 Å². The van der Waals surface area contributed by atoms with Gasteiger partial charge in [-0.3, -0.25) is 14.4 Å². The van der Waals surface area contributed by atoms with E-state index in [1.807, 2.05) is 12.1 Å². The smallest absolute Gasteiger partial charge is 0.330 e. The second-order valence-electron chi connectivity index (χ2n) is 10.2. The second kappa shape index (κ2) is 11.9. The Morgan fingerprint density at radius 1 is 1.15 bits per heavy atom. The Bertz CT molecular complexity index is 1440. The molecule has 1 aliphatic heterocycles. The molecule has 2 aliphatic rings. The zero-order valence-corrected chi connectivity index (χ0v) is 23.1. The molecule has 1 unspecified atom stereocenters. The van der Waals surface area contributed by atoms with Gasteiger partial charge in [-0.1, -0.05) is 29.8 Å².